The molecule has 0 unspecified atom stereocenters. The van der Waals surface area contributed by atoms with Crippen LogP contribution in [-0.4, -0.2) is 65.4 Å². The summed E-state index contributed by atoms with van der Waals surface area (Å²) in [5, 5.41) is 10.3. The summed E-state index contributed by atoms with van der Waals surface area (Å²) in [7, 11) is 0. The molecule has 2 N–H and O–H groups in total. The number of nitrogens with one attached hydrogen (secondary N) is 2. The molecular formula is C16H29Cl2N5O2. The van der Waals surface area contributed by atoms with Crippen LogP contribution in [0.3, 0.4) is 0 Å². The normalized spacial score (nSPS) is 19.7. The van der Waals surface area contributed by atoms with Crippen LogP contribution in [-0.2, 0) is 4.74 Å². The van der Waals surface area contributed by atoms with Crippen molar-refractivity contribution in [3.05, 3.63) is 11.6 Å². The second-order valence-corrected chi connectivity index (χ2v) is 6.53. The minimum Gasteiger partial charge on any atom is -0.460 e. The van der Waals surface area contributed by atoms with Gasteiger partial charge in [0.25, 0.3) is 5.82 Å². The highest BCUT2D eigenvalue weighted by molar-refractivity contribution is 5.85. The second-order valence-electron chi connectivity index (χ2n) is 6.53. The molecule has 0 aromatic carbocycles. The van der Waals surface area contributed by atoms with Gasteiger partial charge in [-0.25, -0.2) is 9.78 Å². The number of likely N-dealkylation sites (tertiary alicyclic amines) is 1. The summed E-state index contributed by atoms with van der Waals surface area (Å²) in [6, 6.07) is 0. The number of carbonyl (C=O) groups is 1. The van der Waals surface area contributed by atoms with Gasteiger partial charge in [0.2, 0.25) is 0 Å². The molecule has 25 heavy (non-hydrogen) atoms. The zero-order valence-corrected chi connectivity index (χ0v) is 16.3. The van der Waals surface area contributed by atoms with Crippen LogP contribution >= 0.6 is 24.8 Å². The third kappa shape index (κ3) is 6.09. The molecule has 2 aliphatic rings. The van der Waals surface area contributed by atoms with E-state index in [2.05, 4.69) is 25.4 Å². The summed E-state index contributed by atoms with van der Waals surface area (Å²) >= 11 is 0. The standard InChI is InChI=1S/C16H27N5O2.2ClH/c1-2-23-16(22)15-18-14(19-20-15)13-5-9-21(10-6-13)11-12-3-7-17-8-4-12;;/h12-13,17H,2-11H2,1H3,(H,18,19,20);2*1H. The largest absolute Gasteiger partial charge is 0.460 e. The third-order valence-corrected chi connectivity index (χ3v) is 4.91. The van der Waals surface area contributed by atoms with Gasteiger partial charge < -0.3 is 15.0 Å². The number of hydrogen-bond acceptors (Lipinski definition) is 6. The molecule has 0 spiro atoms. The number of H-pyrrole nitrogens is 1. The zero-order valence-electron chi connectivity index (χ0n) is 14.7. The number of nitrogens with zero attached hydrogens (tertiary/aromatic N) is 3. The molecule has 0 saturated carbocycles. The average Bonchev–Trinajstić information content (AvgIpc) is 3.07. The molecule has 2 aliphatic heterocycles. The van der Waals surface area contributed by atoms with Crippen molar-refractivity contribution in [2.75, 3.05) is 39.3 Å². The Morgan fingerprint density at radius 1 is 1.20 bits per heavy atom. The van der Waals surface area contributed by atoms with Crippen molar-refractivity contribution < 1.29 is 9.53 Å². The van der Waals surface area contributed by atoms with Gasteiger partial charge in [0, 0.05) is 12.5 Å². The minimum atomic E-state index is -0.446. The molecule has 1 aromatic heterocycles. The van der Waals surface area contributed by atoms with Crippen LogP contribution in [0.15, 0.2) is 0 Å². The fraction of sp³-hybridized carbons (Fsp3) is 0.812. The first-order chi connectivity index (χ1) is 11.3. The van der Waals surface area contributed by atoms with Crippen LogP contribution < -0.4 is 5.32 Å². The van der Waals surface area contributed by atoms with E-state index in [9.17, 15) is 4.79 Å². The number of halogens is 2. The molecule has 3 heterocycles. The van der Waals surface area contributed by atoms with E-state index in [1.54, 1.807) is 6.92 Å². The minimum absolute atomic E-state index is 0. The highest BCUT2D eigenvalue weighted by Gasteiger charge is 2.26. The lowest BCUT2D eigenvalue weighted by Gasteiger charge is -2.34. The van der Waals surface area contributed by atoms with Crippen LogP contribution in [0.25, 0.3) is 0 Å². The first-order valence-corrected chi connectivity index (χ1v) is 8.78. The van der Waals surface area contributed by atoms with Crippen molar-refractivity contribution in [1.82, 2.24) is 25.4 Å². The Kier molecular flexibility index (Phi) is 9.71. The molecule has 2 fully saturated rings. The van der Waals surface area contributed by atoms with E-state index >= 15 is 0 Å². The number of carbonyl (C=O) groups excluding carboxylic acids is 1. The number of hydrogen-bond donors (Lipinski definition) is 2. The van der Waals surface area contributed by atoms with E-state index in [4.69, 9.17) is 4.74 Å². The first-order valence-electron chi connectivity index (χ1n) is 8.78. The lowest BCUT2D eigenvalue weighted by atomic mass is 9.93. The molecule has 144 valence electrons. The van der Waals surface area contributed by atoms with E-state index in [0.29, 0.717) is 12.5 Å². The maximum atomic E-state index is 11.6. The van der Waals surface area contributed by atoms with Gasteiger partial charge in [0.15, 0.2) is 0 Å². The van der Waals surface area contributed by atoms with Gasteiger partial charge in [0.05, 0.1) is 6.61 Å². The Morgan fingerprint density at radius 3 is 2.52 bits per heavy atom. The number of esters is 1. The maximum absolute atomic E-state index is 11.6. The van der Waals surface area contributed by atoms with Crippen molar-refractivity contribution in [2.24, 2.45) is 5.92 Å². The molecule has 0 atom stereocenters. The van der Waals surface area contributed by atoms with E-state index in [1.165, 1.54) is 19.4 Å². The predicted molar refractivity (Wildman–Crippen MR) is 101 cm³/mol. The predicted octanol–water partition coefficient (Wildman–Crippen LogP) is 2.00. The first kappa shape index (κ1) is 22.2. The molecule has 3 rings (SSSR count). The van der Waals surface area contributed by atoms with Gasteiger partial charge in [-0.15, -0.1) is 29.9 Å². The quantitative estimate of drug-likeness (QED) is 0.744. The monoisotopic (exact) mass is 393 g/mol. The van der Waals surface area contributed by atoms with Gasteiger partial charge in [-0.1, -0.05) is 0 Å². The van der Waals surface area contributed by atoms with Crippen LogP contribution in [0.4, 0.5) is 0 Å². The van der Waals surface area contributed by atoms with Gasteiger partial charge in [-0.2, -0.15) is 0 Å². The topological polar surface area (TPSA) is 83.1 Å². The Labute approximate surface area is 161 Å². The molecule has 0 aliphatic carbocycles. The van der Waals surface area contributed by atoms with E-state index in [-0.39, 0.29) is 30.6 Å². The lowest BCUT2D eigenvalue weighted by Crippen LogP contribution is -2.40. The summed E-state index contributed by atoms with van der Waals surface area (Å²) < 4.78 is 4.93. The Balaban J connectivity index is 0.00000156. The molecule has 0 radical (unpaired) electrons. The number of ether oxygens (including phenoxy) is 1. The van der Waals surface area contributed by atoms with Crippen LogP contribution in [0.2, 0.25) is 0 Å². The lowest BCUT2D eigenvalue weighted by molar-refractivity contribution is 0.0512. The van der Waals surface area contributed by atoms with Gasteiger partial charge in [-0.3, -0.25) is 5.10 Å². The Morgan fingerprint density at radius 2 is 1.88 bits per heavy atom. The zero-order chi connectivity index (χ0) is 16.1. The van der Waals surface area contributed by atoms with Crippen molar-refractivity contribution in [2.45, 2.75) is 38.5 Å². The second kappa shape index (κ2) is 11.0. The molecule has 7 nitrogen and oxygen atoms in total. The van der Waals surface area contributed by atoms with Crippen molar-refractivity contribution in [3.8, 4) is 0 Å². The average molecular weight is 394 g/mol. The summed E-state index contributed by atoms with van der Waals surface area (Å²) in [6.45, 7) is 7.87. The summed E-state index contributed by atoms with van der Waals surface area (Å²) in [5.41, 5.74) is 0. The van der Waals surface area contributed by atoms with Gasteiger partial charge >= 0.3 is 5.97 Å². The molecule has 0 bridgehead atoms. The van der Waals surface area contributed by atoms with Crippen molar-refractivity contribution in [3.63, 3.8) is 0 Å². The highest BCUT2D eigenvalue weighted by Crippen LogP contribution is 2.26. The number of piperidine rings is 2. The fourth-order valence-corrected chi connectivity index (χ4v) is 3.56. The highest BCUT2D eigenvalue weighted by atomic mass is 35.5. The van der Waals surface area contributed by atoms with E-state index < -0.39 is 5.97 Å². The molecule has 9 heteroatoms. The summed E-state index contributed by atoms with van der Waals surface area (Å²) in [6.07, 6.45) is 4.74. The van der Waals surface area contributed by atoms with Gasteiger partial charge in [0.1, 0.15) is 5.82 Å². The maximum Gasteiger partial charge on any atom is 0.378 e. The van der Waals surface area contributed by atoms with E-state index in [0.717, 1.165) is 50.8 Å². The SMILES string of the molecule is CCOC(=O)c1n[nH]c(C2CCN(CC3CCNCC3)CC2)n1.Cl.Cl. The number of rotatable bonds is 5. The van der Waals surface area contributed by atoms with Crippen LogP contribution in [0, 0.1) is 5.92 Å². The Bertz CT molecular complexity index is 514. The van der Waals surface area contributed by atoms with Crippen molar-refractivity contribution in [1.29, 1.82) is 0 Å². The molecule has 1 aromatic rings. The van der Waals surface area contributed by atoms with E-state index in [1.807, 2.05) is 0 Å². The summed E-state index contributed by atoms with van der Waals surface area (Å²) in [4.78, 5) is 18.5. The van der Waals surface area contributed by atoms with Gasteiger partial charge in [-0.05, 0) is 64.7 Å². The summed E-state index contributed by atoms with van der Waals surface area (Å²) in [5.74, 6) is 1.75. The Hall–Kier alpha value is -0.890. The fourth-order valence-electron chi connectivity index (χ4n) is 3.56. The number of aromatic nitrogens is 3. The van der Waals surface area contributed by atoms with Crippen LogP contribution in [0.1, 0.15) is 55.0 Å². The number of aromatic amines is 1. The molecular weight excluding hydrogens is 365 g/mol. The smallest absolute Gasteiger partial charge is 0.378 e. The van der Waals surface area contributed by atoms with Crippen molar-refractivity contribution >= 4 is 30.8 Å². The van der Waals surface area contributed by atoms with Crippen LogP contribution in [0.5, 0.6) is 0 Å². The molecule has 0 amide bonds. The molecule has 2 saturated heterocycles. The third-order valence-electron chi connectivity index (χ3n) is 4.91.